The van der Waals surface area contributed by atoms with Crippen molar-refractivity contribution < 1.29 is 4.74 Å². The molecule has 1 heterocycles. The maximum absolute atomic E-state index is 5.75. The first-order valence-electron chi connectivity index (χ1n) is 9.62. The summed E-state index contributed by atoms with van der Waals surface area (Å²) in [5.74, 6) is 2.49. The average Bonchev–Trinajstić information content (AvgIpc) is 3.09. The fourth-order valence-corrected chi connectivity index (χ4v) is 3.49. The zero-order chi connectivity index (χ0) is 19.6. The second kappa shape index (κ2) is 10.7. The average molecular weight is 395 g/mol. The van der Waals surface area contributed by atoms with E-state index in [-0.39, 0.29) is 0 Å². The van der Waals surface area contributed by atoms with Gasteiger partial charge in [-0.3, -0.25) is 0 Å². The number of thioether (sulfide) groups is 1. The lowest BCUT2D eigenvalue weighted by atomic mass is 10.2. The van der Waals surface area contributed by atoms with Crippen LogP contribution in [0.2, 0.25) is 0 Å². The van der Waals surface area contributed by atoms with Crippen LogP contribution in [0.3, 0.4) is 0 Å². The van der Waals surface area contributed by atoms with Gasteiger partial charge in [0.15, 0.2) is 5.82 Å². The molecule has 3 rings (SSSR count). The molecule has 0 radical (unpaired) electrons. The van der Waals surface area contributed by atoms with E-state index in [1.165, 1.54) is 18.4 Å². The van der Waals surface area contributed by atoms with Gasteiger partial charge in [-0.15, -0.1) is 10.2 Å². The van der Waals surface area contributed by atoms with Gasteiger partial charge in [0.05, 0.1) is 12.8 Å². The largest absolute Gasteiger partial charge is 0.494 e. The van der Waals surface area contributed by atoms with Crippen LogP contribution in [-0.2, 0) is 5.75 Å². The molecule has 0 aliphatic heterocycles. The molecular formula is C22H26N4OS. The van der Waals surface area contributed by atoms with Crippen LogP contribution >= 0.6 is 11.8 Å². The molecule has 0 saturated heterocycles. The van der Waals surface area contributed by atoms with Gasteiger partial charge in [-0.1, -0.05) is 61.9 Å². The highest BCUT2D eigenvalue weighted by molar-refractivity contribution is 7.98. The number of nitrogens with zero attached hydrogens (tertiary/aromatic N) is 4. The first kappa shape index (κ1) is 20.1. The monoisotopic (exact) mass is 394 g/mol. The van der Waals surface area contributed by atoms with E-state index >= 15 is 0 Å². The van der Waals surface area contributed by atoms with Crippen molar-refractivity contribution in [2.75, 3.05) is 6.61 Å². The number of aryl methyl sites for hydroxylation is 1. The van der Waals surface area contributed by atoms with Crippen LogP contribution in [0.25, 0.3) is 0 Å². The normalized spacial score (nSPS) is 11.2. The minimum Gasteiger partial charge on any atom is -0.494 e. The molecule has 1 aromatic heterocycles. The number of hydrogen-bond acceptors (Lipinski definition) is 5. The Morgan fingerprint density at radius 1 is 1.04 bits per heavy atom. The van der Waals surface area contributed by atoms with Gasteiger partial charge < -0.3 is 4.74 Å². The summed E-state index contributed by atoms with van der Waals surface area (Å²) in [5, 5.41) is 13.8. The third kappa shape index (κ3) is 5.96. The van der Waals surface area contributed by atoms with Crippen LogP contribution < -0.4 is 4.74 Å². The van der Waals surface area contributed by atoms with Crippen molar-refractivity contribution in [2.24, 2.45) is 5.10 Å². The lowest BCUT2D eigenvalue weighted by Crippen LogP contribution is -1.98. The highest BCUT2D eigenvalue weighted by Gasteiger charge is 2.08. The van der Waals surface area contributed by atoms with Crippen LogP contribution in [0.1, 0.15) is 43.1 Å². The van der Waals surface area contributed by atoms with E-state index in [4.69, 9.17) is 4.74 Å². The Kier molecular flexibility index (Phi) is 7.67. The molecule has 0 fully saturated rings. The summed E-state index contributed by atoms with van der Waals surface area (Å²) in [4.78, 5) is 0. The van der Waals surface area contributed by atoms with Crippen LogP contribution in [-0.4, -0.2) is 27.7 Å². The van der Waals surface area contributed by atoms with Gasteiger partial charge in [0.25, 0.3) is 0 Å². The van der Waals surface area contributed by atoms with Crippen molar-refractivity contribution in [3.05, 3.63) is 71.5 Å². The Bertz CT molecular complexity index is 875. The van der Waals surface area contributed by atoms with E-state index in [1.807, 2.05) is 55.6 Å². The van der Waals surface area contributed by atoms with Crippen molar-refractivity contribution in [3.8, 4) is 5.75 Å². The van der Waals surface area contributed by atoms with Crippen molar-refractivity contribution in [1.82, 2.24) is 14.9 Å². The molecule has 0 spiro atoms. The van der Waals surface area contributed by atoms with Gasteiger partial charge in [0.1, 0.15) is 5.75 Å². The van der Waals surface area contributed by atoms with Gasteiger partial charge in [-0.05, 0) is 48.7 Å². The highest BCUT2D eigenvalue weighted by atomic mass is 32.2. The molecule has 146 valence electrons. The van der Waals surface area contributed by atoms with E-state index in [9.17, 15) is 0 Å². The second-order valence-corrected chi connectivity index (χ2v) is 7.43. The Morgan fingerprint density at radius 3 is 2.57 bits per heavy atom. The molecule has 28 heavy (non-hydrogen) atoms. The third-order valence-corrected chi connectivity index (χ3v) is 5.19. The SMILES string of the molecule is CCCCCOc1ccc(/C=N/n2c(C)nnc2SCc2ccccc2)cc1. The van der Waals surface area contributed by atoms with Crippen molar-refractivity contribution in [3.63, 3.8) is 0 Å². The number of unbranched alkanes of at least 4 members (excludes halogenated alkanes) is 2. The fraction of sp³-hybridized carbons (Fsp3) is 0.318. The number of hydrogen-bond donors (Lipinski definition) is 0. The topological polar surface area (TPSA) is 52.3 Å². The van der Waals surface area contributed by atoms with Crippen molar-refractivity contribution >= 4 is 18.0 Å². The number of benzene rings is 2. The quantitative estimate of drug-likeness (QED) is 0.265. The standard InChI is InChI=1S/C22H26N4OS/c1-3-4-8-15-27-21-13-11-19(12-14-21)16-23-26-18(2)24-25-22(26)28-17-20-9-6-5-7-10-20/h5-7,9-14,16H,3-4,8,15,17H2,1-2H3/b23-16+. The number of rotatable bonds is 10. The number of aromatic nitrogens is 3. The first-order chi connectivity index (χ1) is 13.8. The van der Waals surface area contributed by atoms with Crippen molar-refractivity contribution in [1.29, 1.82) is 0 Å². The summed E-state index contributed by atoms with van der Waals surface area (Å²) in [6, 6.07) is 18.3. The summed E-state index contributed by atoms with van der Waals surface area (Å²) < 4.78 is 7.53. The maximum Gasteiger partial charge on any atom is 0.212 e. The highest BCUT2D eigenvalue weighted by Crippen LogP contribution is 2.21. The van der Waals surface area contributed by atoms with E-state index in [0.29, 0.717) is 0 Å². The molecule has 5 nitrogen and oxygen atoms in total. The Morgan fingerprint density at radius 2 is 1.82 bits per heavy atom. The predicted molar refractivity (Wildman–Crippen MR) is 115 cm³/mol. The first-order valence-corrected chi connectivity index (χ1v) is 10.6. The minimum atomic E-state index is 0.766. The predicted octanol–water partition coefficient (Wildman–Crippen LogP) is 5.33. The van der Waals surface area contributed by atoms with Crippen molar-refractivity contribution in [2.45, 2.75) is 44.0 Å². The van der Waals surface area contributed by atoms with E-state index in [2.05, 4.69) is 34.4 Å². The zero-order valence-corrected chi connectivity index (χ0v) is 17.2. The summed E-state index contributed by atoms with van der Waals surface area (Å²) in [7, 11) is 0. The molecule has 0 N–H and O–H groups in total. The van der Waals surface area contributed by atoms with E-state index in [1.54, 1.807) is 16.4 Å². The van der Waals surface area contributed by atoms with Crippen LogP contribution in [0.15, 0.2) is 64.9 Å². The molecule has 0 atom stereocenters. The Balaban J connectivity index is 1.60. The minimum absolute atomic E-state index is 0.766. The molecule has 0 aliphatic rings. The Hall–Kier alpha value is -2.60. The van der Waals surface area contributed by atoms with Gasteiger partial charge >= 0.3 is 0 Å². The van der Waals surface area contributed by atoms with Gasteiger partial charge in [-0.25, -0.2) is 0 Å². The summed E-state index contributed by atoms with van der Waals surface area (Å²) >= 11 is 1.63. The zero-order valence-electron chi connectivity index (χ0n) is 16.4. The molecule has 0 aliphatic carbocycles. The lowest BCUT2D eigenvalue weighted by Gasteiger charge is -2.06. The van der Waals surface area contributed by atoms with Crippen LogP contribution in [0.5, 0.6) is 5.75 Å². The van der Waals surface area contributed by atoms with E-state index in [0.717, 1.165) is 41.1 Å². The smallest absolute Gasteiger partial charge is 0.212 e. The van der Waals surface area contributed by atoms with Gasteiger partial charge in [0.2, 0.25) is 5.16 Å². The summed E-state index contributed by atoms with van der Waals surface area (Å²) in [6.07, 6.45) is 5.32. The summed E-state index contributed by atoms with van der Waals surface area (Å²) in [5.41, 5.74) is 2.26. The molecule has 0 amide bonds. The maximum atomic E-state index is 5.75. The molecule has 0 saturated carbocycles. The fourth-order valence-electron chi connectivity index (χ4n) is 2.60. The lowest BCUT2D eigenvalue weighted by molar-refractivity contribution is 0.306. The molecule has 0 bridgehead atoms. The van der Waals surface area contributed by atoms with Gasteiger partial charge in [0, 0.05) is 5.75 Å². The molecule has 6 heteroatoms. The number of ether oxygens (including phenoxy) is 1. The molecule has 0 unspecified atom stereocenters. The Labute approximate surface area is 170 Å². The van der Waals surface area contributed by atoms with E-state index < -0.39 is 0 Å². The molecular weight excluding hydrogens is 368 g/mol. The molecule has 2 aromatic carbocycles. The molecule has 3 aromatic rings. The summed E-state index contributed by atoms with van der Waals surface area (Å²) in [6.45, 7) is 4.87. The van der Waals surface area contributed by atoms with Gasteiger partial charge in [-0.2, -0.15) is 9.78 Å². The van der Waals surface area contributed by atoms with Crippen LogP contribution in [0, 0.1) is 6.92 Å². The third-order valence-electron chi connectivity index (χ3n) is 4.20. The van der Waals surface area contributed by atoms with Crippen LogP contribution in [0.4, 0.5) is 0 Å². The second-order valence-electron chi connectivity index (χ2n) is 6.49.